The fraction of sp³-hybridized carbons (Fsp3) is 0. The zero-order valence-electron chi connectivity index (χ0n) is 9.41. The molecule has 0 unspecified atom stereocenters. The molecule has 0 bridgehead atoms. The van der Waals surface area contributed by atoms with Crippen molar-refractivity contribution in [3.8, 4) is 0 Å². The molecule has 0 saturated carbocycles. The summed E-state index contributed by atoms with van der Waals surface area (Å²) in [5.74, 6) is 0.388. The van der Waals surface area contributed by atoms with Crippen molar-refractivity contribution in [3.63, 3.8) is 0 Å². The van der Waals surface area contributed by atoms with Gasteiger partial charge in [0.05, 0.1) is 9.82 Å². The lowest BCUT2D eigenvalue weighted by Gasteiger charge is -2.04. The Morgan fingerprint density at radius 3 is 2.47 bits per heavy atom. The lowest BCUT2D eigenvalue weighted by atomic mass is 10.3. The summed E-state index contributed by atoms with van der Waals surface area (Å²) in [5, 5.41) is 11.3. The highest BCUT2D eigenvalue weighted by molar-refractivity contribution is 7.99. The number of hydrogen-bond donors (Lipinski definition) is 2. The molecule has 0 saturated heterocycles. The second kappa shape index (κ2) is 5.29. The van der Waals surface area contributed by atoms with Gasteiger partial charge in [-0.2, -0.15) is 0 Å². The number of para-hydroxylation sites is 1. The van der Waals surface area contributed by atoms with E-state index in [1.807, 2.05) is 0 Å². The van der Waals surface area contributed by atoms with Crippen LogP contribution in [-0.2, 0) is 0 Å². The molecule has 0 aliphatic rings. The highest BCUT2D eigenvalue weighted by atomic mass is 35.5. The Labute approximate surface area is 117 Å². The van der Waals surface area contributed by atoms with Crippen molar-refractivity contribution in [2.45, 2.75) is 10.1 Å². The zero-order valence-corrected chi connectivity index (χ0v) is 11.0. The van der Waals surface area contributed by atoms with Crippen molar-refractivity contribution in [2.75, 3.05) is 11.5 Å². The highest BCUT2D eigenvalue weighted by Crippen LogP contribution is 2.37. The third-order valence-electron chi connectivity index (χ3n) is 2.08. The van der Waals surface area contributed by atoms with Gasteiger partial charge in [-0.15, -0.1) is 0 Å². The number of rotatable bonds is 3. The van der Waals surface area contributed by atoms with Crippen LogP contribution in [0, 0.1) is 10.1 Å². The summed E-state index contributed by atoms with van der Waals surface area (Å²) in [6, 6.07) is 6.00. The van der Waals surface area contributed by atoms with Gasteiger partial charge in [0.25, 0.3) is 0 Å². The Morgan fingerprint density at radius 1 is 1.26 bits per heavy atom. The number of nitro groups is 1. The van der Waals surface area contributed by atoms with E-state index in [9.17, 15) is 10.1 Å². The average molecular weight is 298 g/mol. The number of nitrogens with two attached hydrogens (primary N) is 2. The van der Waals surface area contributed by atoms with Gasteiger partial charge in [0.1, 0.15) is 16.7 Å². The molecule has 0 aliphatic carbocycles. The van der Waals surface area contributed by atoms with E-state index in [4.69, 9.17) is 23.1 Å². The van der Waals surface area contributed by atoms with E-state index in [-0.39, 0.29) is 27.5 Å². The standard InChI is InChI=1S/C10H8ClN5O2S/c11-5-2-1-3-6(9(5)16(17)18)19-10-14-7(12)4-8(13)15-10/h1-4H,(H4,12,13,14,15). The summed E-state index contributed by atoms with van der Waals surface area (Å²) in [7, 11) is 0. The molecular weight excluding hydrogens is 290 g/mol. The number of anilines is 2. The first-order valence-electron chi connectivity index (χ1n) is 4.98. The number of nitro benzene ring substituents is 1. The third-order valence-corrected chi connectivity index (χ3v) is 3.30. The van der Waals surface area contributed by atoms with E-state index in [1.54, 1.807) is 12.1 Å². The van der Waals surface area contributed by atoms with E-state index >= 15 is 0 Å². The molecule has 19 heavy (non-hydrogen) atoms. The number of aromatic nitrogens is 2. The molecule has 98 valence electrons. The van der Waals surface area contributed by atoms with Gasteiger partial charge in [-0.25, -0.2) is 9.97 Å². The van der Waals surface area contributed by atoms with Gasteiger partial charge >= 0.3 is 5.69 Å². The fourth-order valence-electron chi connectivity index (χ4n) is 1.36. The Hall–Kier alpha value is -2.06. The molecule has 0 radical (unpaired) electrons. The van der Waals surface area contributed by atoms with Crippen LogP contribution in [0.4, 0.5) is 17.3 Å². The smallest absolute Gasteiger partial charge is 0.301 e. The maximum atomic E-state index is 11.0. The first kappa shape index (κ1) is 13.4. The van der Waals surface area contributed by atoms with Crippen LogP contribution in [-0.4, -0.2) is 14.9 Å². The molecule has 2 aromatic rings. The number of nitrogens with zero attached hydrogens (tertiary/aromatic N) is 3. The molecule has 0 aliphatic heterocycles. The predicted octanol–water partition coefficient (Wildman–Crippen LogP) is 2.35. The Kier molecular flexibility index (Phi) is 3.72. The van der Waals surface area contributed by atoms with Crippen molar-refractivity contribution in [2.24, 2.45) is 0 Å². The molecule has 2 rings (SSSR count). The molecular formula is C10H8ClN5O2S. The zero-order chi connectivity index (χ0) is 14.0. The van der Waals surface area contributed by atoms with Gasteiger partial charge in [0.15, 0.2) is 5.16 Å². The summed E-state index contributed by atoms with van der Waals surface area (Å²) in [5.41, 5.74) is 10.9. The fourth-order valence-corrected chi connectivity index (χ4v) is 2.59. The summed E-state index contributed by atoms with van der Waals surface area (Å²) in [6.45, 7) is 0. The number of nitrogen functional groups attached to an aromatic ring is 2. The highest BCUT2D eigenvalue weighted by Gasteiger charge is 2.20. The van der Waals surface area contributed by atoms with E-state index in [2.05, 4.69) is 9.97 Å². The van der Waals surface area contributed by atoms with Crippen LogP contribution in [0.1, 0.15) is 0 Å². The maximum Gasteiger partial charge on any atom is 0.301 e. The monoisotopic (exact) mass is 297 g/mol. The van der Waals surface area contributed by atoms with E-state index in [0.717, 1.165) is 11.8 Å². The molecule has 1 aromatic carbocycles. The summed E-state index contributed by atoms with van der Waals surface area (Å²) in [6.07, 6.45) is 0. The van der Waals surface area contributed by atoms with Crippen molar-refractivity contribution in [1.82, 2.24) is 9.97 Å². The number of hydrogen-bond acceptors (Lipinski definition) is 7. The van der Waals surface area contributed by atoms with E-state index in [1.165, 1.54) is 12.1 Å². The Balaban J connectivity index is 2.43. The maximum absolute atomic E-state index is 11.0. The van der Waals surface area contributed by atoms with Crippen molar-refractivity contribution in [1.29, 1.82) is 0 Å². The minimum absolute atomic E-state index is 0.0480. The molecule has 0 fully saturated rings. The molecule has 0 spiro atoms. The third kappa shape index (κ3) is 3.04. The lowest BCUT2D eigenvalue weighted by molar-refractivity contribution is -0.387. The number of halogens is 1. The van der Waals surface area contributed by atoms with Crippen LogP contribution in [0.2, 0.25) is 5.02 Å². The van der Waals surface area contributed by atoms with Crippen LogP contribution in [0.3, 0.4) is 0 Å². The minimum atomic E-state index is -0.555. The van der Waals surface area contributed by atoms with Crippen molar-refractivity contribution >= 4 is 40.7 Å². The Bertz CT molecular complexity index is 632. The molecule has 1 heterocycles. The van der Waals surface area contributed by atoms with Crippen molar-refractivity contribution in [3.05, 3.63) is 39.4 Å². The summed E-state index contributed by atoms with van der Waals surface area (Å²) < 4.78 is 0. The van der Waals surface area contributed by atoms with Gasteiger partial charge in [-0.1, -0.05) is 17.7 Å². The van der Waals surface area contributed by atoms with Gasteiger partial charge in [-0.3, -0.25) is 10.1 Å². The first-order chi connectivity index (χ1) is 8.97. The molecule has 0 amide bonds. The molecule has 1 aromatic heterocycles. The predicted molar refractivity (Wildman–Crippen MR) is 73.1 cm³/mol. The topological polar surface area (TPSA) is 121 Å². The summed E-state index contributed by atoms with van der Waals surface area (Å²) >= 11 is 6.78. The van der Waals surface area contributed by atoms with Gasteiger partial charge < -0.3 is 11.5 Å². The van der Waals surface area contributed by atoms with Gasteiger partial charge in [-0.05, 0) is 23.9 Å². The normalized spacial score (nSPS) is 10.4. The van der Waals surface area contributed by atoms with Crippen LogP contribution < -0.4 is 11.5 Å². The Morgan fingerprint density at radius 2 is 1.89 bits per heavy atom. The molecule has 7 nitrogen and oxygen atoms in total. The van der Waals surface area contributed by atoms with Crippen LogP contribution >= 0.6 is 23.4 Å². The molecule has 4 N–H and O–H groups in total. The summed E-state index contributed by atoms with van der Waals surface area (Å²) in [4.78, 5) is 18.6. The minimum Gasteiger partial charge on any atom is -0.383 e. The molecule has 9 heteroatoms. The second-order valence-electron chi connectivity index (χ2n) is 3.45. The van der Waals surface area contributed by atoms with E-state index in [0.29, 0.717) is 4.90 Å². The lowest BCUT2D eigenvalue weighted by Crippen LogP contribution is -1.99. The SMILES string of the molecule is Nc1cc(N)nc(Sc2cccc(Cl)c2[N+](=O)[O-])n1. The van der Waals surface area contributed by atoms with Crippen LogP contribution in [0.25, 0.3) is 0 Å². The molecule has 0 atom stereocenters. The first-order valence-corrected chi connectivity index (χ1v) is 6.17. The van der Waals surface area contributed by atoms with Gasteiger partial charge in [0.2, 0.25) is 0 Å². The van der Waals surface area contributed by atoms with Gasteiger partial charge in [0, 0.05) is 6.07 Å². The van der Waals surface area contributed by atoms with Crippen LogP contribution in [0.5, 0.6) is 0 Å². The van der Waals surface area contributed by atoms with Crippen molar-refractivity contribution < 1.29 is 4.92 Å². The quantitative estimate of drug-likeness (QED) is 0.506. The van der Waals surface area contributed by atoms with Crippen LogP contribution in [0.15, 0.2) is 34.3 Å². The van der Waals surface area contributed by atoms with E-state index < -0.39 is 4.92 Å². The second-order valence-corrected chi connectivity index (χ2v) is 4.86. The number of benzene rings is 1. The largest absolute Gasteiger partial charge is 0.383 e. The average Bonchev–Trinajstić information content (AvgIpc) is 2.26.